The number of benzene rings is 1. The molecular weight excluding hydrogens is 247 g/mol. The van der Waals surface area contributed by atoms with E-state index in [9.17, 15) is 4.39 Å². The number of imidazole rings is 1. The van der Waals surface area contributed by atoms with Gasteiger partial charge >= 0.3 is 0 Å². The average Bonchev–Trinajstić information content (AvgIpc) is 2.90. The first-order valence-corrected chi connectivity index (χ1v) is 5.52. The topological polar surface area (TPSA) is 78.9 Å². The van der Waals surface area contributed by atoms with Crippen molar-refractivity contribution in [3.8, 4) is 0 Å². The summed E-state index contributed by atoms with van der Waals surface area (Å²) in [6.07, 6.45) is 4.29. The molecule has 3 rings (SSSR count). The number of nitrogens with one attached hydrogen (secondary N) is 2. The fourth-order valence-electron chi connectivity index (χ4n) is 1.59. The number of aromatic amines is 1. The van der Waals surface area contributed by atoms with E-state index in [1.54, 1.807) is 18.2 Å². The van der Waals surface area contributed by atoms with Gasteiger partial charge in [0, 0.05) is 5.56 Å². The number of halogens is 1. The minimum absolute atomic E-state index is 0.333. The molecule has 0 saturated carbocycles. The predicted octanol–water partition coefficient (Wildman–Crippen LogP) is 1.94. The molecule has 0 fully saturated rings. The summed E-state index contributed by atoms with van der Waals surface area (Å²) in [6.45, 7) is 0. The highest BCUT2D eigenvalue weighted by molar-refractivity contribution is 5.84. The molecule has 0 amide bonds. The Morgan fingerprint density at radius 1 is 1.21 bits per heavy atom. The van der Waals surface area contributed by atoms with Crippen LogP contribution in [-0.2, 0) is 0 Å². The van der Waals surface area contributed by atoms with Crippen LogP contribution >= 0.6 is 0 Å². The first-order valence-electron chi connectivity index (χ1n) is 5.52. The molecule has 0 unspecified atom stereocenters. The molecule has 3 aromatic rings. The zero-order valence-electron chi connectivity index (χ0n) is 9.71. The highest BCUT2D eigenvalue weighted by Gasteiger charge is 2.04. The summed E-state index contributed by atoms with van der Waals surface area (Å²) in [4.78, 5) is 15.0. The molecule has 0 spiro atoms. The summed E-state index contributed by atoms with van der Waals surface area (Å²) < 4.78 is 13.4. The van der Waals surface area contributed by atoms with E-state index in [0.717, 1.165) is 0 Å². The standard InChI is InChI=1S/C12H9FN6/c13-9-4-2-1-3-8(9)5-18-19-12-10-11(15-6-14-10)16-7-17-12/h1-7H,(H2,14,15,16,17,19)/b18-5+. The Labute approximate surface area is 107 Å². The van der Waals surface area contributed by atoms with Crippen LogP contribution in [0.15, 0.2) is 42.0 Å². The molecule has 2 heterocycles. The first kappa shape index (κ1) is 11.3. The fraction of sp³-hybridized carbons (Fsp3) is 0. The molecule has 0 radical (unpaired) electrons. The van der Waals surface area contributed by atoms with E-state index < -0.39 is 0 Å². The first-order chi connectivity index (χ1) is 9.34. The van der Waals surface area contributed by atoms with E-state index in [4.69, 9.17) is 0 Å². The van der Waals surface area contributed by atoms with Gasteiger partial charge in [-0.3, -0.25) is 5.43 Å². The minimum atomic E-state index is -0.333. The number of nitrogens with zero attached hydrogens (tertiary/aromatic N) is 4. The molecule has 2 aromatic heterocycles. The van der Waals surface area contributed by atoms with Crippen LogP contribution in [0.5, 0.6) is 0 Å². The SMILES string of the molecule is Fc1ccccc1/C=N/Nc1ncnc2[nH]cnc12. The molecule has 0 bridgehead atoms. The van der Waals surface area contributed by atoms with E-state index >= 15 is 0 Å². The van der Waals surface area contributed by atoms with Gasteiger partial charge in [0.05, 0.1) is 12.5 Å². The van der Waals surface area contributed by atoms with Gasteiger partial charge in [0.1, 0.15) is 12.1 Å². The van der Waals surface area contributed by atoms with Crippen molar-refractivity contribution in [2.75, 3.05) is 5.43 Å². The van der Waals surface area contributed by atoms with Gasteiger partial charge < -0.3 is 4.98 Å². The zero-order chi connectivity index (χ0) is 13.1. The Balaban J connectivity index is 1.83. The summed E-state index contributed by atoms with van der Waals surface area (Å²) in [5, 5.41) is 3.94. The largest absolute Gasteiger partial charge is 0.329 e. The maximum absolute atomic E-state index is 13.4. The van der Waals surface area contributed by atoms with Gasteiger partial charge in [-0.2, -0.15) is 5.10 Å². The zero-order valence-corrected chi connectivity index (χ0v) is 9.71. The van der Waals surface area contributed by atoms with Gasteiger partial charge in [0.25, 0.3) is 0 Å². The molecule has 0 aliphatic carbocycles. The lowest BCUT2D eigenvalue weighted by atomic mass is 10.2. The molecule has 0 aliphatic heterocycles. The number of aromatic nitrogens is 4. The number of hydrazone groups is 1. The number of rotatable bonds is 3. The quantitative estimate of drug-likeness (QED) is 0.554. The lowest BCUT2D eigenvalue weighted by Crippen LogP contribution is -1.96. The molecular formula is C12H9FN6. The molecule has 94 valence electrons. The third-order valence-corrected chi connectivity index (χ3v) is 2.50. The molecule has 7 heteroatoms. The van der Waals surface area contributed by atoms with Crippen molar-refractivity contribution in [2.45, 2.75) is 0 Å². The van der Waals surface area contributed by atoms with Gasteiger partial charge in [-0.05, 0) is 6.07 Å². The molecule has 2 N–H and O–H groups in total. The van der Waals surface area contributed by atoms with Crippen molar-refractivity contribution < 1.29 is 4.39 Å². The summed E-state index contributed by atoms with van der Waals surface area (Å²) >= 11 is 0. The summed E-state index contributed by atoms with van der Waals surface area (Å²) in [5.41, 5.74) is 4.30. The number of hydrogen-bond acceptors (Lipinski definition) is 5. The Bertz CT molecular complexity index is 736. The average molecular weight is 256 g/mol. The number of fused-ring (bicyclic) bond motifs is 1. The van der Waals surface area contributed by atoms with Gasteiger partial charge in [-0.15, -0.1) is 0 Å². The molecule has 0 atom stereocenters. The van der Waals surface area contributed by atoms with Crippen LogP contribution in [0.2, 0.25) is 0 Å². The summed E-state index contributed by atoms with van der Waals surface area (Å²) in [5.74, 6) is 0.125. The van der Waals surface area contributed by atoms with Crippen LogP contribution in [0.3, 0.4) is 0 Å². The molecule has 0 aliphatic rings. The second kappa shape index (κ2) is 4.81. The Kier molecular flexibility index (Phi) is 2.85. The van der Waals surface area contributed by atoms with E-state index in [2.05, 4.69) is 30.5 Å². The molecule has 19 heavy (non-hydrogen) atoms. The van der Waals surface area contributed by atoms with E-state index in [1.165, 1.54) is 24.9 Å². The van der Waals surface area contributed by atoms with Crippen molar-refractivity contribution in [1.29, 1.82) is 0 Å². The van der Waals surface area contributed by atoms with Crippen LogP contribution in [0.25, 0.3) is 11.2 Å². The predicted molar refractivity (Wildman–Crippen MR) is 69.3 cm³/mol. The fourth-order valence-corrected chi connectivity index (χ4v) is 1.59. The Hall–Kier alpha value is -2.83. The smallest absolute Gasteiger partial charge is 0.177 e. The second-order valence-corrected chi connectivity index (χ2v) is 3.71. The van der Waals surface area contributed by atoms with Crippen LogP contribution < -0.4 is 5.43 Å². The van der Waals surface area contributed by atoms with E-state index in [0.29, 0.717) is 22.5 Å². The Morgan fingerprint density at radius 3 is 3.00 bits per heavy atom. The Morgan fingerprint density at radius 2 is 2.11 bits per heavy atom. The third kappa shape index (κ3) is 2.25. The normalized spacial score (nSPS) is 11.2. The maximum Gasteiger partial charge on any atom is 0.177 e. The van der Waals surface area contributed by atoms with Crippen molar-refractivity contribution in [3.63, 3.8) is 0 Å². The number of H-pyrrole nitrogens is 1. The number of anilines is 1. The number of hydrogen-bond donors (Lipinski definition) is 2. The highest BCUT2D eigenvalue weighted by Crippen LogP contribution is 2.14. The summed E-state index contributed by atoms with van der Waals surface area (Å²) in [7, 11) is 0. The maximum atomic E-state index is 13.4. The third-order valence-electron chi connectivity index (χ3n) is 2.50. The molecule has 0 saturated heterocycles. The second-order valence-electron chi connectivity index (χ2n) is 3.71. The summed E-state index contributed by atoms with van der Waals surface area (Å²) in [6, 6.07) is 6.36. The van der Waals surface area contributed by atoms with Gasteiger partial charge in [-0.25, -0.2) is 19.3 Å². The molecule has 1 aromatic carbocycles. The lowest BCUT2D eigenvalue weighted by molar-refractivity contribution is 0.626. The lowest BCUT2D eigenvalue weighted by Gasteiger charge is -1.99. The van der Waals surface area contributed by atoms with Crippen molar-refractivity contribution >= 4 is 23.2 Å². The van der Waals surface area contributed by atoms with Crippen molar-refractivity contribution in [1.82, 2.24) is 19.9 Å². The highest BCUT2D eigenvalue weighted by atomic mass is 19.1. The van der Waals surface area contributed by atoms with E-state index in [1.807, 2.05) is 0 Å². The van der Waals surface area contributed by atoms with Gasteiger partial charge in [-0.1, -0.05) is 18.2 Å². The van der Waals surface area contributed by atoms with Crippen LogP contribution in [0.4, 0.5) is 10.2 Å². The van der Waals surface area contributed by atoms with Crippen LogP contribution in [0, 0.1) is 5.82 Å². The minimum Gasteiger partial charge on any atom is -0.329 e. The van der Waals surface area contributed by atoms with Crippen molar-refractivity contribution in [2.24, 2.45) is 5.10 Å². The van der Waals surface area contributed by atoms with Gasteiger partial charge in [0.2, 0.25) is 0 Å². The van der Waals surface area contributed by atoms with Crippen molar-refractivity contribution in [3.05, 3.63) is 48.3 Å². The molecule has 6 nitrogen and oxygen atoms in total. The van der Waals surface area contributed by atoms with E-state index in [-0.39, 0.29) is 5.82 Å². The van der Waals surface area contributed by atoms with Gasteiger partial charge in [0.15, 0.2) is 17.0 Å². The monoisotopic (exact) mass is 256 g/mol. The van der Waals surface area contributed by atoms with Crippen LogP contribution in [0.1, 0.15) is 5.56 Å². The van der Waals surface area contributed by atoms with Crippen LogP contribution in [-0.4, -0.2) is 26.2 Å².